The number of fused-ring (bicyclic) bond motifs is 1. The van der Waals surface area contributed by atoms with Gasteiger partial charge in [0, 0.05) is 5.56 Å². The lowest BCUT2D eigenvalue weighted by Crippen LogP contribution is -2.24. The topological polar surface area (TPSA) is 33.1 Å². The van der Waals surface area contributed by atoms with Crippen LogP contribution in [0.2, 0.25) is 0 Å². The molecule has 0 fully saturated rings. The molecule has 1 aromatic heterocycles. The molecule has 1 heterocycles. The molecule has 0 radical (unpaired) electrons. The van der Waals surface area contributed by atoms with E-state index in [4.69, 9.17) is 4.98 Å². The van der Waals surface area contributed by atoms with Gasteiger partial charge in [0.2, 0.25) is 0 Å². The standard InChI is InChI=1S/C16H19NOS/c1-10-4-6-11(7-5-10)15-17-12-8-16(2,3)9-13(18)14(12)19-15/h4-7,13,18H,8-9H2,1-3H3. The quantitative estimate of drug-likeness (QED) is 0.847. The van der Waals surface area contributed by atoms with Crippen LogP contribution in [0.3, 0.4) is 0 Å². The van der Waals surface area contributed by atoms with Crippen LogP contribution in [-0.2, 0) is 6.42 Å². The number of aromatic nitrogens is 1. The maximum atomic E-state index is 10.3. The van der Waals surface area contributed by atoms with E-state index in [1.165, 1.54) is 5.56 Å². The van der Waals surface area contributed by atoms with Gasteiger partial charge in [-0.1, -0.05) is 43.7 Å². The van der Waals surface area contributed by atoms with Gasteiger partial charge in [-0.05, 0) is 25.2 Å². The Morgan fingerprint density at radius 1 is 1.26 bits per heavy atom. The molecule has 1 aliphatic rings. The van der Waals surface area contributed by atoms with E-state index in [0.717, 1.165) is 34.0 Å². The highest BCUT2D eigenvalue weighted by atomic mass is 32.1. The van der Waals surface area contributed by atoms with Crippen LogP contribution < -0.4 is 0 Å². The molecular formula is C16H19NOS. The number of aliphatic hydroxyl groups is 1. The maximum absolute atomic E-state index is 10.3. The third-order valence-corrected chi connectivity index (χ3v) is 4.97. The van der Waals surface area contributed by atoms with Crippen molar-refractivity contribution in [3.8, 4) is 10.6 Å². The highest BCUT2D eigenvalue weighted by Crippen LogP contribution is 2.44. The van der Waals surface area contributed by atoms with Gasteiger partial charge in [0.25, 0.3) is 0 Å². The van der Waals surface area contributed by atoms with E-state index in [1.807, 2.05) is 0 Å². The predicted molar refractivity (Wildman–Crippen MR) is 79.3 cm³/mol. The Labute approximate surface area is 118 Å². The van der Waals surface area contributed by atoms with Crippen molar-refractivity contribution in [1.82, 2.24) is 4.98 Å². The molecule has 3 rings (SSSR count). The van der Waals surface area contributed by atoms with E-state index in [0.29, 0.717) is 0 Å². The molecule has 2 nitrogen and oxygen atoms in total. The number of hydrogen-bond acceptors (Lipinski definition) is 3. The van der Waals surface area contributed by atoms with Crippen molar-refractivity contribution < 1.29 is 5.11 Å². The van der Waals surface area contributed by atoms with Gasteiger partial charge in [0.1, 0.15) is 5.01 Å². The average Bonchev–Trinajstić information content (AvgIpc) is 2.72. The number of benzene rings is 1. The summed E-state index contributed by atoms with van der Waals surface area (Å²) < 4.78 is 0. The molecule has 0 saturated carbocycles. The lowest BCUT2D eigenvalue weighted by Gasteiger charge is -2.31. The van der Waals surface area contributed by atoms with E-state index in [1.54, 1.807) is 11.3 Å². The minimum absolute atomic E-state index is 0.144. The fourth-order valence-electron chi connectivity index (χ4n) is 2.71. The molecule has 0 aliphatic heterocycles. The molecule has 3 heteroatoms. The second-order valence-corrected chi connectivity index (χ2v) is 7.29. The number of nitrogens with zero attached hydrogens (tertiary/aromatic N) is 1. The van der Waals surface area contributed by atoms with Gasteiger partial charge in [-0.2, -0.15) is 0 Å². The number of aliphatic hydroxyl groups excluding tert-OH is 1. The molecule has 0 bridgehead atoms. The van der Waals surface area contributed by atoms with Crippen LogP contribution in [0, 0.1) is 12.3 Å². The van der Waals surface area contributed by atoms with Gasteiger partial charge in [-0.3, -0.25) is 0 Å². The van der Waals surface area contributed by atoms with Crippen molar-refractivity contribution in [2.45, 2.75) is 39.7 Å². The Morgan fingerprint density at radius 2 is 1.95 bits per heavy atom. The molecule has 0 spiro atoms. The van der Waals surface area contributed by atoms with Gasteiger partial charge in [0.15, 0.2) is 0 Å². The molecule has 1 atom stereocenters. The van der Waals surface area contributed by atoms with Crippen LogP contribution in [0.25, 0.3) is 10.6 Å². The van der Waals surface area contributed by atoms with Crippen LogP contribution in [-0.4, -0.2) is 10.1 Å². The normalized spacial score (nSPS) is 21.2. The zero-order valence-electron chi connectivity index (χ0n) is 11.6. The van der Waals surface area contributed by atoms with Crippen molar-refractivity contribution in [2.24, 2.45) is 5.41 Å². The lowest BCUT2D eigenvalue weighted by atomic mass is 9.77. The summed E-state index contributed by atoms with van der Waals surface area (Å²) in [6.07, 6.45) is 1.44. The molecule has 1 aliphatic carbocycles. The fraction of sp³-hybridized carbons (Fsp3) is 0.438. The summed E-state index contributed by atoms with van der Waals surface area (Å²) >= 11 is 1.64. The van der Waals surface area contributed by atoms with Crippen molar-refractivity contribution in [1.29, 1.82) is 0 Å². The number of aryl methyl sites for hydroxylation is 1. The van der Waals surface area contributed by atoms with Gasteiger partial charge in [0.05, 0.1) is 16.7 Å². The van der Waals surface area contributed by atoms with E-state index < -0.39 is 0 Å². The third-order valence-electron chi connectivity index (χ3n) is 3.72. The van der Waals surface area contributed by atoms with Gasteiger partial charge in [-0.25, -0.2) is 4.98 Å². The van der Waals surface area contributed by atoms with E-state index in [-0.39, 0.29) is 11.5 Å². The monoisotopic (exact) mass is 273 g/mol. The number of thiazole rings is 1. The zero-order valence-corrected chi connectivity index (χ0v) is 12.4. The molecule has 19 heavy (non-hydrogen) atoms. The van der Waals surface area contributed by atoms with Crippen molar-refractivity contribution in [2.75, 3.05) is 0 Å². The summed E-state index contributed by atoms with van der Waals surface area (Å²) in [4.78, 5) is 5.82. The van der Waals surface area contributed by atoms with E-state index >= 15 is 0 Å². The summed E-state index contributed by atoms with van der Waals surface area (Å²) in [5.41, 5.74) is 3.64. The van der Waals surface area contributed by atoms with Crippen LogP contribution in [0.15, 0.2) is 24.3 Å². The van der Waals surface area contributed by atoms with Crippen molar-refractivity contribution in [3.05, 3.63) is 40.4 Å². The van der Waals surface area contributed by atoms with Crippen LogP contribution in [0.1, 0.15) is 42.5 Å². The second-order valence-electron chi connectivity index (χ2n) is 6.26. The van der Waals surface area contributed by atoms with Gasteiger partial charge < -0.3 is 5.11 Å². The summed E-state index contributed by atoms with van der Waals surface area (Å²) in [6.45, 7) is 6.48. The molecule has 0 saturated heterocycles. The van der Waals surface area contributed by atoms with Crippen molar-refractivity contribution in [3.63, 3.8) is 0 Å². The molecule has 1 N–H and O–H groups in total. The smallest absolute Gasteiger partial charge is 0.123 e. The molecule has 1 unspecified atom stereocenters. The Morgan fingerprint density at radius 3 is 2.63 bits per heavy atom. The molecule has 2 aromatic rings. The summed E-state index contributed by atoms with van der Waals surface area (Å²) in [6, 6.07) is 8.43. The first-order valence-corrected chi connectivity index (χ1v) is 7.51. The molecule has 100 valence electrons. The Kier molecular flexibility index (Phi) is 2.99. The van der Waals surface area contributed by atoms with E-state index in [9.17, 15) is 5.11 Å². The Hall–Kier alpha value is -1.19. The molecular weight excluding hydrogens is 254 g/mol. The van der Waals surface area contributed by atoms with Gasteiger partial charge >= 0.3 is 0 Å². The molecule has 0 amide bonds. The summed E-state index contributed by atoms with van der Waals surface area (Å²) in [5, 5.41) is 11.3. The highest BCUT2D eigenvalue weighted by Gasteiger charge is 2.34. The van der Waals surface area contributed by atoms with Crippen LogP contribution in [0.5, 0.6) is 0 Å². The Bertz CT molecular complexity index is 598. The first-order valence-electron chi connectivity index (χ1n) is 6.69. The minimum Gasteiger partial charge on any atom is -0.387 e. The number of hydrogen-bond donors (Lipinski definition) is 1. The highest BCUT2D eigenvalue weighted by molar-refractivity contribution is 7.15. The maximum Gasteiger partial charge on any atom is 0.123 e. The Balaban J connectivity index is 2.01. The first kappa shape index (κ1) is 12.8. The predicted octanol–water partition coefficient (Wildman–Crippen LogP) is 4.12. The summed E-state index contributed by atoms with van der Waals surface area (Å²) in [5.74, 6) is 0. The van der Waals surface area contributed by atoms with E-state index in [2.05, 4.69) is 45.0 Å². The third kappa shape index (κ3) is 2.45. The average molecular weight is 273 g/mol. The SMILES string of the molecule is Cc1ccc(-c2nc3c(s2)C(O)CC(C)(C)C3)cc1. The van der Waals surface area contributed by atoms with Crippen LogP contribution >= 0.6 is 11.3 Å². The first-order chi connectivity index (χ1) is 8.94. The largest absolute Gasteiger partial charge is 0.387 e. The van der Waals surface area contributed by atoms with Gasteiger partial charge in [-0.15, -0.1) is 11.3 Å². The second kappa shape index (κ2) is 4.43. The molecule has 1 aromatic carbocycles. The lowest BCUT2D eigenvalue weighted by molar-refractivity contribution is 0.102. The van der Waals surface area contributed by atoms with Crippen LogP contribution in [0.4, 0.5) is 0 Å². The zero-order chi connectivity index (χ0) is 13.6. The summed E-state index contributed by atoms with van der Waals surface area (Å²) in [7, 11) is 0. The fourth-order valence-corrected chi connectivity index (χ4v) is 3.78. The number of rotatable bonds is 1. The minimum atomic E-state index is -0.351. The van der Waals surface area contributed by atoms with Crippen molar-refractivity contribution >= 4 is 11.3 Å².